The Morgan fingerprint density at radius 2 is 1.78 bits per heavy atom. The van der Waals surface area contributed by atoms with Crippen LogP contribution in [0.5, 0.6) is 0 Å². The van der Waals surface area contributed by atoms with Gasteiger partial charge < -0.3 is 11.5 Å². The molecule has 2 rings (SSSR count). The molecule has 1 aromatic heterocycles. The number of hydrogen-bond acceptors (Lipinski definition) is 7. The molecule has 18 heavy (non-hydrogen) atoms. The Balaban J connectivity index is 2.73. The third kappa shape index (κ3) is 2.13. The first kappa shape index (κ1) is 12.0. The Bertz CT molecular complexity index is 612. The minimum Gasteiger partial charge on any atom is -0.368 e. The van der Waals surface area contributed by atoms with E-state index in [1.807, 2.05) is 0 Å². The van der Waals surface area contributed by atoms with Crippen LogP contribution in [0.15, 0.2) is 18.2 Å². The maximum Gasteiger partial charge on any atom is 0.281 e. The Labute approximate surface area is 106 Å². The molecule has 1 heterocycles. The first-order valence-corrected chi connectivity index (χ1v) is 5.07. The van der Waals surface area contributed by atoms with Crippen LogP contribution in [-0.2, 0) is 0 Å². The standard InChI is InChI=1S/C9H7ClN6O2/c10-4-2-1-3-5(16(17)18)6(4)7-13-8(11)15-9(12)14-7/h1-3H,(H4,11,12,13,14,15). The number of hydrogen-bond donors (Lipinski definition) is 2. The van der Waals surface area contributed by atoms with Gasteiger partial charge in [-0.05, 0) is 6.07 Å². The molecule has 0 fully saturated rings. The molecule has 92 valence electrons. The predicted octanol–water partition coefficient (Wildman–Crippen LogP) is 1.26. The van der Waals surface area contributed by atoms with Crippen molar-refractivity contribution in [3.8, 4) is 11.4 Å². The molecule has 0 amide bonds. The third-order valence-corrected chi connectivity index (χ3v) is 2.40. The second-order valence-electron chi connectivity index (χ2n) is 3.27. The van der Waals surface area contributed by atoms with Gasteiger partial charge in [0, 0.05) is 6.07 Å². The predicted molar refractivity (Wildman–Crippen MR) is 65.8 cm³/mol. The van der Waals surface area contributed by atoms with Crippen molar-refractivity contribution in [3.05, 3.63) is 33.3 Å². The lowest BCUT2D eigenvalue weighted by molar-refractivity contribution is -0.384. The number of nitrogens with two attached hydrogens (primary N) is 2. The normalized spacial score (nSPS) is 10.3. The fourth-order valence-corrected chi connectivity index (χ4v) is 1.66. The van der Waals surface area contributed by atoms with Crippen LogP contribution >= 0.6 is 11.6 Å². The summed E-state index contributed by atoms with van der Waals surface area (Å²) in [7, 11) is 0. The molecule has 0 aliphatic carbocycles. The molecule has 0 atom stereocenters. The van der Waals surface area contributed by atoms with Gasteiger partial charge in [-0.1, -0.05) is 17.7 Å². The van der Waals surface area contributed by atoms with E-state index < -0.39 is 4.92 Å². The molecule has 0 aliphatic heterocycles. The lowest BCUT2D eigenvalue weighted by Crippen LogP contribution is -2.05. The summed E-state index contributed by atoms with van der Waals surface area (Å²) in [4.78, 5) is 21.5. The first-order chi connectivity index (χ1) is 8.49. The van der Waals surface area contributed by atoms with Crippen molar-refractivity contribution >= 4 is 29.2 Å². The van der Waals surface area contributed by atoms with Crippen LogP contribution in [0.2, 0.25) is 5.02 Å². The number of nitrogen functional groups attached to an aromatic ring is 2. The second kappa shape index (κ2) is 4.41. The molecule has 0 saturated heterocycles. The van der Waals surface area contributed by atoms with Crippen molar-refractivity contribution < 1.29 is 4.92 Å². The summed E-state index contributed by atoms with van der Waals surface area (Å²) in [5.74, 6) is -0.296. The smallest absolute Gasteiger partial charge is 0.281 e. The molecule has 8 nitrogen and oxygen atoms in total. The molecule has 0 bridgehead atoms. The average Bonchev–Trinajstić information content (AvgIpc) is 2.26. The number of nitrogens with zero attached hydrogens (tertiary/aromatic N) is 4. The monoisotopic (exact) mass is 266 g/mol. The van der Waals surface area contributed by atoms with E-state index in [1.54, 1.807) is 0 Å². The largest absolute Gasteiger partial charge is 0.368 e. The molecule has 4 N–H and O–H groups in total. The van der Waals surface area contributed by atoms with E-state index in [0.717, 1.165) is 0 Å². The van der Waals surface area contributed by atoms with Gasteiger partial charge in [0.15, 0.2) is 5.82 Å². The van der Waals surface area contributed by atoms with E-state index in [-0.39, 0.29) is 34.0 Å². The van der Waals surface area contributed by atoms with E-state index in [1.165, 1.54) is 18.2 Å². The minimum atomic E-state index is -0.586. The van der Waals surface area contributed by atoms with Gasteiger partial charge in [-0.2, -0.15) is 15.0 Å². The van der Waals surface area contributed by atoms with Crippen molar-refractivity contribution in [1.82, 2.24) is 15.0 Å². The zero-order valence-corrected chi connectivity index (χ0v) is 9.63. The van der Waals surface area contributed by atoms with E-state index in [2.05, 4.69) is 15.0 Å². The number of anilines is 2. The van der Waals surface area contributed by atoms with Gasteiger partial charge in [-0.3, -0.25) is 10.1 Å². The SMILES string of the molecule is Nc1nc(N)nc(-c2c(Cl)cccc2[N+](=O)[O-])n1. The molecule has 2 aromatic rings. The van der Waals surface area contributed by atoms with Crippen molar-refractivity contribution in [2.75, 3.05) is 11.5 Å². The quantitative estimate of drug-likeness (QED) is 0.617. The third-order valence-electron chi connectivity index (χ3n) is 2.08. The van der Waals surface area contributed by atoms with Crippen molar-refractivity contribution in [3.63, 3.8) is 0 Å². The van der Waals surface area contributed by atoms with Crippen molar-refractivity contribution in [1.29, 1.82) is 0 Å². The lowest BCUT2D eigenvalue weighted by atomic mass is 10.1. The summed E-state index contributed by atoms with van der Waals surface area (Å²) in [5, 5.41) is 11.1. The van der Waals surface area contributed by atoms with Gasteiger partial charge in [-0.15, -0.1) is 0 Å². The lowest BCUT2D eigenvalue weighted by Gasteiger charge is -2.05. The first-order valence-electron chi connectivity index (χ1n) is 4.69. The summed E-state index contributed by atoms with van der Waals surface area (Å²) in [6.45, 7) is 0. The highest BCUT2D eigenvalue weighted by molar-refractivity contribution is 6.33. The van der Waals surface area contributed by atoms with Crippen LogP contribution in [0.4, 0.5) is 17.6 Å². The fraction of sp³-hybridized carbons (Fsp3) is 0. The Morgan fingerprint density at radius 1 is 1.17 bits per heavy atom. The number of rotatable bonds is 2. The van der Waals surface area contributed by atoms with Crippen LogP contribution in [0.25, 0.3) is 11.4 Å². The van der Waals surface area contributed by atoms with Crippen molar-refractivity contribution in [2.45, 2.75) is 0 Å². The van der Waals surface area contributed by atoms with Gasteiger partial charge in [0.2, 0.25) is 11.9 Å². The fourth-order valence-electron chi connectivity index (χ4n) is 1.41. The van der Waals surface area contributed by atoms with Crippen LogP contribution in [0, 0.1) is 10.1 Å². The number of aromatic nitrogens is 3. The molecule has 0 spiro atoms. The van der Waals surface area contributed by atoms with Gasteiger partial charge >= 0.3 is 0 Å². The molecule has 0 aliphatic rings. The summed E-state index contributed by atoms with van der Waals surface area (Å²) >= 11 is 5.93. The summed E-state index contributed by atoms with van der Waals surface area (Å²) in [5.41, 5.74) is 10.7. The number of nitro benzene ring substituents is 1. The molecular weight excluding hydrogens is 260 g/mol. The van der Waals surface area contributed by atoms with E-state index in [9.17, 15) is 10.1 Å². The van der Waals surface area contributed by atoms with Crippen LogP contribution in [-0.4, -0.2) is 19.9 Å². The van der Waals surface area contributed by atoms with Gasteiger partial charge in [0.05, 0.1) is 9.95 Å². The minimum absolute atomic E-state index is 0.0303. The molecular formula is C9H7ClN6O2. The van der Waals surface area contributed by atoms with Gasteiger partial charge in [-0.25, -0.2) is 0 Å². The molecule has 0 unspecified atom stereocenters. The van der Waals surface area contributed by atoms with Crippen LogP contribution in [0.3, 0.4) is 0 Å². The van der Waals surface area contributed by atoms with Gasteiger partial charge in [0.1, 0.15) is 5.56 Å². The highest BCUT2D eigenvalue weighted by Crippen LogP contribution is 2.34. The van der Waals surface area contributed by atoms with Gasteiger partial charge in [0.25, 0.3) is 5.69 Å². The van der Waals surface area contributed by atoms with Crippen molar-refractivity contribution in [2.24, 2.45) is 0 Å². The Morgan fingerprint density at radius 3 is 2.33 bits per heavy atom. The Hall–Kier alpha value is -2.48. The summed E-state index contributed by atoms with van der Waals surface area (Å²) < 4.78 is 0. The van der Waals surface area contributed by atoms with Crippen LogP contribution in [0.1, 0.15) is 0 Å². The highest BCUT2D eigenvalue weighted by atomic mass is 35.5. The molecule has 0 saturated carbocycles. The zero-order chi connectivity index (χ0) is 13.3. The maximum atomic E-state index is 10.9. The topological polar surface area (TPSA) is 134 Å². The summed E-state index contributed by atoms with van der Waals surface area (Å²) in [6.07, 6.45) is 0. The molecule has 0 radical (unpaired) electrons. The number of halogens is 1. The van der Waals surface area contributed by atoms with E-state index >= 15 is 0 Å². The molecule has 9 heteroatoms. The van der Waals surface area contributed by atoms with Crippen LogP contribution < -0.4 is 11.5 Å². The summed E-state index contributed by atoms with van der Waals surface area (Å²) in [6, 6.07) is 4.23. The highest BCUT2D eigenvalue weighted by Gasteiger charge is 2.21. The molecule has 1 aromatic carbocycles. The van der Waals surface area contributed by atoms with E-state index in [0.29, 0.717) is 0 Å². The second-order valence-corrected chi connectivity index (χ2v) is 3.67. The number of nitro groups is 1. The Kier molecular flexibility index (Phi) is 2.94. The van der Waals surface area contributed by atoms with E-state index in [4.69, 9.17) is 23.1 Å². The average molecular weight is 267 g/mol. The maximum absolute atomic E-state index is 10.9. The number of benzene rings is 1. The zero-order valence-electron chi connectivity index (χ0n) is 8.87.